The SMILES string of the molecule is CC(C)N1CCCc2c(cc(-c3ccccc3)n2-c2ccccc2)C1.Cl. The van der Waals surface area contributed by atoms with Gasteiger partial charge in [0.15, 0.2) is 0 Å². The van der Waals surface area contributed by atoms with Gasteiger partial charge in [-0.1, -0.05) is 48.5 Å². The summed E-state index contributed by atoms with van der Waals surface area (Å²) in [5.74, 6) is 0. The highest BCUT2D eigenvalue weighted by Crippen LogP contribution is 2.33. The van der Waals surface area contributed by atoms with E-state index in [0.717, 1.165) is 13.0 Å². The van der Waals surface area contributed by atoms with Crippen LogP contribution in [0, 0.1) is 0 Å². The minimum atomic E-state index is 0. The van der Waals surface area contributed by atoms with Gasteiger partial charge < -0.3 is 4.57 Å². The molecule has 0 bridgehead atoms. The molecule has 0 saturated heterocycles. The summed E-state index contributed by atoms with van der Waals surface area (Å²) in [7, 11) is 0. The van der Waals surface area contributed by atoms with Crippen molar-refractivity contribution in [3.63, 3.8) is 0 Å². The van der Waals surface area contributed by atoms with Crippen molar-refractivity contribution in [1.82, 2.24) is 9.47 Å². The Kier molecular flexibility index (Phi) is 5.85. The molecule has 2 nitrogen and oxygen atoms in total. The molecule has 0 fully saturated rings. The van der Waals surface area contributed by atoms with Crippen molar-refractivity contribution in [3.8, 4) is 16.9 Å². The lowest BCUT2D eigenvalue weighted by atomic mass is 10.1. The monoisotopic (exact) mass is 366 g/mol. The van der Waals surface area contributed by atoms with Crippen LogP contribution < -0.4 is 0 Å². The van der Waals surface area contributed by atoms with Crippen LogP contribution in [0.25, 0.3) is 16.9 Å². The fourth-order valence-electron chi connectivity index (χ4n) is 3.89. The first-order valence-corrected chi connectivity index (χ1v) is 9.32. The second-order valence-electron chi connectivity index (χ2n) is 7.21. The van der Waals surface area contributed by atoms with Gasteiger partial charge in [0.25, 0.3) is 0 Å². The normalized spacial score (nSPS) is 14.6. The first-order valence-electron chi connectivity index (χ1n) is 9.32. The number of nitrogens with zero attached hydrogens (tertiary/aromatic N) is 2. The summed E-state index contributed by atoms with van der Waals surface area (Å²) in [5.41, 5.74) is 6.82. The average Bonchev–Trinajstić information content (AvgIpc) is 2.87. The Morgan fingerprint density at radius 1 is 0.885 bits per heavy atom. The van der Waals surface area contributed by atoms with Gasteiger partial charge in [0.1, 0.15) is 0 Å². The lowest BCUT2D eigenvalue weighted by Crippen LogP contribution is -2.30. The number of fused-ring (bicyclic) bond motifs is 1. The molecule has 3 heteroatoms. The van der Waals surface area contributed by atoms with Gasteiger partial charge in [-0.05, 0) is 62.6 Å². The second kappa shape index (κ2) is 8.11. The summed E-state index contributed by atoms with van der Waals surface area (Å²) in [6.45, 7) is 6.84. The molecule has 1 aliphatic rings. The Bertz CT molecular complexity index is 837. The van der Waals surface area contributed by atoms with Gasteiger partial charge in [-0.25, -0.2) is 0 Å². The highest BCUT2D eigenvalue weighted by Gasteiger charge is 2.23. The van der Waals surface area contributed by atoms with Crippen molar-refractivity contribution < 1.29 is 0 Å². The zero-order valence-corrected chi connectivity index (χ0v) is 16.4. The van der Waals surface area contributed by atoms with Gasteiger partial charge in [-0.3, -0.25) is 4.90 Å². The van der Waals surface area contributed by atoms with Crippen molar-refractivity contribution in [1.29, 1.82) is 0 Å². The first kappa shape index (κ1) is 18.8. The van der Waals surface area contributed by atoms with Crippen molar-refractivity contribution in [3.05, 3.63) is 78.0 Å². The largest absolute Gasteiger partial charge is 0.313 e. The number of hydrogen-bond acceptors (Lipinski definition) is 1. The van der Waals surface area contributed by atoms with Crippen molar-refractivity contribution in [2.45, 2.75) is 39.3 Å². The Morgan fingerprint density at radius 2 is 1.54 bits per heavy atom. The summed E-state index contributed by atoms with van der Waals surface area (Å²) < 4.78 is 2.48. The average molecular weight is 367 g/mol. The Hall–Kier alpha value is -2.03. The van der Waals surface area contributed by atoms with Crippen LogP contribution in [0.3, 0.4) is 0 Å². The molecule has 2 heterocycles. The third-order valence-electron chi connectivity index (χ3n) is 5.24. The van der Waals surface area contributed by atoms with Gasteiger partial charge in [0, 0.05) is 24.0 Å². The number of halogens is 1. The standard InChI is InChI=1S/C23H26N2.ClH/c1-18(2)24-15-9-14-22-20(17-24)16-23(19-10-5-3-6-11-19)25(22)21-12-7-4-8-13-21;/h3-8,10-13,16,18H,9,14-15,17H2,1-2H3;1H. The number of para-hydroxylation sites is 1. The molecule has 4 rings (SSSR count). The summed E-state index contributed by atoms with van der Waals surface area (Å²) in [6.07, 6.45) is 2.36. The fourth-order valence-corrected chi connectivity index (χ4v) is 3.89. The molecule has 0 spiro atoms. The minimum Gasteiger partial charge on any atom is -0.313 e. The highest BCUT2D eigenvalue weighted by molar-refractivity contribution is 5.85. The Morgan fingerprint density at radius 3 is 2.19 bits per heavy atom. The Labute approximate surface area is 162 Å². The minimum absolute atomic E-state index is 0. The van der Waals surface area contributed by atoms with Crippen LogP contribution in [0.5, 0.6) is 0 Å². The van der Waals surface area contributed by atoms with Crippen molar-refractivity contribution in [2.75, 3.05) is 6.54 Å². The van der Waals surface area contributed by atoms with E-state index in [1.807, 2.05) is 0 Å². The number of rotatable bonds is 3. The van der Waals surface area contributed by atoms with E-state index in [2.05, 4.69) is 90.0 Å². The lowest BCUT2D eigenvalue weighted by molar-refractivity contribution is 0.216. The molecule has 3 aromatic rings. The number of hydrogen-bond donors (Lipinski definition) is 0. The van der Waals surface area contributed by atoms with E-state index in [1.165, 1.54) is 41.2 Å². The van der Waals surface area contributed by atoms with E-state index >= 15 is 0 Å². The molecule has 1 aliphatic heterocycles. The van der Waals surface area contributed by atoms with Crippen LogP contribution in [-0.2, 0) is 13.0 Å². The first-order chi connectivity index (χ1) is 12.2. The van der Waals surface area contributed by atoms with E-state index < -0.39 is 0 Å². The van der Waals surface area contributed by atoms with Gasteiger partial charge in [0.2, 0.25) is 0 Å². The van der Waals surface area contributed by atoms with E-state index in [-0.39, 0.29) is 12.4 Å². The second-order valence-corrected chi connectivity index (χ2v) is 7.21. The lowest BCUT2D eigenvalue weighted by Gasteiger charge is -2.24. The topological polar surface area (TPSA) is 8.17 Å². The zero-order chi connectivity index (χ0) is 17.2. The van der Waals surface area contributed by atoms with E-state index in [9.17, 15) is 0 Å². The summed E-state index contributed by atoms with van der Waals surface area (Å²) in [4.78, 5) is 2.59. The molecule has 0 unspecified atom stereocenters. The summed E-state index contributed by atoms with van der Waals surface area (Å²) in [6, 6.07) is 24.6. The fraction of sp³-hybridized carbons (Fsp3) is 0.304. The van der Waals surface area contributed by atoms with E-state index in [1.54, 1.807) is 0 Å². The molecule has 26 heavy (non-hydrogen) atoms. The van der Waals surface area contributed by atoms with E-state index in [0.29, 0.717) is 6.04 Å². The van der Waals surface area contributed by atoms with Gasteiger partial charge in [0.05, 0.1) is 5.69 Å². The molecule has 0 N–H and O–H groups in total. The smallest absolute Gasteiger partial charge is 0.0534 e. The third-order valence-corrected chi connectivity index (χ3v) is 5.24. The Balaban J connectivity index is 0.00000196. The van der Waals surface area contributed by atoms with Crippen LogP contribution >= 0.6 is 12.4 Å². The van der Waals surface area contributed by atoms with Crippen LogP contribution in [0.4, 0.5) is 0 Å². The predicted molar refractivity (Wildman–Crippen MR) is 112 cm³/mol. The molecule has 0 atom stereocenters. The van der Waals surface area contributed by atoms with Gasteiger partial charge in [-0.15, -0.1) is 12.4 Å². The van der Waals surface area contributed by atoms with Gasteiger partial charge in [-0.2, -0.15) is 0 Å². The molecular formula is C23H27ClN2. The quantitative estimate of drug-likeness (QED) is 0.575. The van der Waals surface area contributed by atoms with Gasteiger partial charge >= 0.3 is 0 Å². The molecule has 136 valence electrons. The molecule has 0 saturated carbocycles. The maximum Gasteiger partial charge on any atom is 0.0534 e. The summed E-state index contributed by atoms with van der Waals surface area (Å²) >= 11 is 0. The molecule has 0 radical (unpaired) electrons. The highest BCUT2D eigenvalue weighted by atomic mass is 35.5. The molecule has 2 aromatic carbocycles. The van der Waals surface area contributed by atoms with Crippen LogP contribution in [-0.4, -0.2) is 22.1 Å². The maximum absolute atomic E-state index is 2.59. The zero-order valence-electron chi connectivity index (χ0n) is 15.6. The van der Waals surface area contributed by atoms with Crippen molar-refractivity contribution >= 4 is 12.4 Å². The van der Waals surface area contributed by atoms with Crippen LogP contribution in [0.2, 0.25) is 0 Å². The molecule has 0 amide bonds. The summed E-state index contributed by atoms with van der Waals surface area (Å²) in [5, 5.41) is 0. The van der Waals surface area contributed by atoms with Crippen LogP contribution in [0.1, 0.15) is 31.5 Å². The molecular weight excluding hydrogens is 340 g/mol. The third kappa shape index (κ3) is 3.58. The number of aromatic nitrogens is 1. The predicted octanol–water partition coefficient (Wildman–Crippen LogP) is 5.72. The number of benzene rings is 2. The molecule has 1 aromatic heterocycles. The molecule has 0 aliphatic carbocycles. The maximum atomic E-state index is 2.59. The van der Waals surface area contributed by atoms with E-state index in [4.69, 9.17) is 0 Å². The van der Waals surface area contributed by atoms with Crippen molar-refractivity contribution in [2.24, 2.45) is 0 Å². The van der Waals surface area contributed by atoms with Crippen LogP contribution in [0.15, 0.2) is 66.7 Å².